The molecule has 3 aromatic carbocycles. The van der Waals surface area contributed by atoms with Crippen molar-refractivity contribution in [1.29, 1.82) is 0 Å². The number of benzene rings is 3. The monoisotopic (exact) mass is 523 g/mol. The van der Waals surface area contributed by atoms with E-state index >= 15 is 4.39 Å². The average molecular weight is 524 g/mol. The van der Waals surface area contributed by atoms with Gasteiger partial charge in [-0.1, -0.05) is 54.6 Å². The van der Waals surface area contributed by atoms with E-state index < -0.39 is 0 Å². The Morgan fingerprint density at radius 3 is 2.23 bits per heavy atom. The van der Waals surface area contributed by atoms with Crippen LogP contribution in [0.4, 0.5) is 16.2 Å². The fraction of sp³-hybridized carbons (Fsp3) is 0.233. The molecule has 0 atom stereocenters. The van der Waals surface area contributed by atoms with E-state index in [1.165, 1.54) is 11.6 Å². The number of nitrogens with zero attached hydrogens (tertiary/aromatic N) is 6. The third-order valence-electron chi connectivity index (χ3n) is 7.15. The van der Waals surface area contributed by atoms with E-state index in [9.17, 15) is 0 Å². The van der Waals surface area contributed by atoms with Crippen LogP contribution in [0.15, 0.2) is 78.9 Å². The molecular formula is C30H30FN7O. The number of piperazine rings is 1. The van der Waals surface area contributed by atoms with Gasteiger partial charge in [0.25, 0.3) is 0 Å². The lowest BCUT2D eigenvalue weighted by molar-refractivity contribution is 0.248. The molecule has 1 aliphatic rings. The zero-order valence-electron chi connectivity index (χ0n) is 21.8. The molecule has 9 heteroatoms. The van der Waals surface area contributed by atoms with Crippen LogP contribution in [0.1, 0.15) is 11.1 Å². The first-order chi connectivity index (χ1) is 19.1. The summed E-state index contributed by atoms with van der Waals surface area (Å²) in [6.07, 6.45) is 0. The highest BCUT2D eigenvalue weighted by molar-refractivity contribution is 5.99. The molecule has 3 heterocycles. The van der Waals surface area contributed by atoms with Gasteiger partial charge >= 0.3 is 0 Å². The van der Waals surface area contributed by atoms with E-state index in [4.69, 9.17) is 25.5 Å². The van der Waals surface area contributed by atoms with Gasteiger partial charge in [-0.3, -0.25) is 4.90 Å². The van der Waals surface area contributed by atoms with E-state index in [2.05, 4.69) is 21.9 Å². The predicted octanol–water partition coefficient (Wildman–Crippen LogP) is 4.59. The number of halogens is 1. The topological polar surface area (TPSA) is 85.3 Å². The van der Waals surface area contributed by atoms with Gasteiger partial charge in [0.05, 0.1) is 24.7 Å². The van der Waals surface area contributed by atoms with Gasteiger partial charge in [-0.2, -0.15) is 4.98 Å². The van der Waals surface area contributed by atoms with Crippen LogP contribution in [0, 0.1) is 5.82 Å². The molecule has 1 aliphatic heterocycles. The van der Waals surface area contributed by atoms with Crippen LogP contribution in [0.5, 0.6) is 5.75 Å². The van der Waals surface area contributed by atoms with E-state index in [0.29, 0.717) is 40.6 Å². The summed E-state index contributed by atoms with van der Waals surface area (Å²) in [4.78, 5) is 14.2. The third-order valence-corrected chi connectivity index (χ3v) is 7.15. The van der Waals surface area contributed by atoms with Crippen molar-refractivity contribution in [3.8, 4) is 17.0 Å². The van der Waals surface area contributed by atoms with Crippen LogP contribution >= 0.6 is 0 Å². The largest absolute Gasteiger partial charge is 0.497 e. The lowest BCUT2D eigenvalue weighted by Gasteiger charge is -2.34. The second kappa shape index (κ2) is 10.7. The van der Waals surface area contributed by atoms with Crippen molar-refractivity contribution in [3.63, 3.8) is 0 Å². The van der Waals surface area contributed by atoms with Gasteiger partial charge in [0.2, 0.25) is 5.95 Å². The first kappa shape index (κ1) is 24.8. The van der Waals surface area contributed by atoms with Crippen LogP contribution in [-0.2, 0) is 13.1 Å². The Labute approximate surface area is 226 Å². The molecule has 2 aromatic heterocycles. The van der Waals surface area contributed by atoms with Crippen LogP contribution in [-0.4, -0.2) is 57.9 Å². The SMILES string of the molecule is COc1ccc(CN2CCN(c3nc(-c4ccccc4F)c4c(N)n(Cc5ccccc5)nc4n3)CC2)cc1. The summed E-state index contributed by atoms with van der Waals surface area (Å²) in [7, 11) is 1.67. The van der Waals surface area contributed by atoms with Crippen LogP contribution in [0.3, 0.4) is 0 Å². The number of fused-ring (bicyclic) bond motifs is 1. The molecule has 0 bridgehead atoms. The summed E-state index contributed by atoms with van der Waals surface area (Å²) in [5.74, 6) is 1.45. The van der Waals surface area contributed by atoms with Gasteiger partial charge in [0, 0.05) is 38.3 Å². The molecule has 198 valence electrons. The Morgan fingerprint density at radius 1 is 0.821 bits per heavy atom. The van der Waals surface area contributed by atoms with Gasteiger partial charge in [-0.05, 0) is 35.4 Å². The number of aromatic nitrogens is 4. The molecule has 5 aromatic rings. The average Bonchev–Trinajstić information content (AvgIpc) is 3.29. The minimum Gasteiger partial charge on any atom is -0.497 e. The number of rotatable bonds is 7. The summed E-state index contributed by atoms with van der Waals surface area (Å²) < 4.78 is 22.0. The minimum absolute atomic E-state index is 0.358. The fourth-order valence-corrected chi connectivity index (χ4v) is 5.00. The van der Waals surface area contributed by atoms with E-state index in [-0.39, 0.29) is 5.82 Å². The maximum absolute atomic E-state index is 15.0. The van der Waals surface area contributed by atoms with Crippen molar-refractivity contribution >= 4 is 22.8 Å². The number of nitrogen functional groups attached to an aromatic ring is 1. The van der Waals surface area contributed by atoms with Gasteiger partial charge in [0.1, 0.15) is 17.4 Å². The lowest BCUT2D eigenvalue weighted by Crippen LogP contribution is -2.46. The maximum atomic E-state index is 15.0. The molecule has 0 aliphatic carbocycles. The molecule has 1 fully saturated rings. The van der Waals surface area contributed by atoms with Crippen molar-refractivity contribution < 1.29 is 9.13 Å². The highest BCUT2D eigenvalue weighted by atomic mass is 19.1. The normalized spacial score (nSPS) is 14.2. The van der Waals surface area contributed by atoms with Crippen molar-refractivity contribution in [2.24, 2.45) is 0 Å². The molecule has 1 saturated heterocycles. The lowest BCUT2D eigenvalue weighted by atomic mass is 10.1. The Bertz CT molecular complexity index is 1580. The Hall–Kier alpha value is -4.50. The Morgan fingerprint density at radius 2 is 1.51 bits per heavy atom. The summed E-state index contributed by atoms with van der Waals surface area (Å²) in [6.45, 7) is 4.55. The second-order valence-electron chi connectivity index (χ2n) is 9.69. The molecule has 0 saturated carbocycles. The fourth-order valence-electron chi connectivity index (χ4n) is 5.00. The summed E-state index contributed by atoms with van der Waals surface area (Å²) in [5.41, 5.74) is 10.2. The quantitative estimate of drug-likeness (QED) is 0.334. The third kappa shape index (κ3) is 5.13. The molecule has 0 unspecified atom stereocenters. The zero-order valence-corrected chi connectivity index (χ0v) is 21.8. The van der Waals surface area contributed by atoms with Gasteiger partial charge in [0.15, 0.2) is 5.65 Å². The van der Waals surface area contributed by atoms with Crippen LogP contribution < -0.4 is 15.4 Å². The number of nitrogens with two attached hydrogens (primary N) is 1. The van der Waals surface area contributed by atoms with Gasteiger partial charge in [-0.15, -0.1) is 5.10 Å². The number of ether oxygens (including phenoxy) is 1. The highest BCUT2D eigenvalue weighted by Gasteiger charge is 2.25. The van der Waals surface area contributed by atoms with Crippen molar-refractivity contribution in [2.75, 3.05) is 43.9 Å². The van der Waals surface area contributed by atoms with Crippen molar-refractivity contribution in [3.05, 3.63) is 95.8 Å². The minimum atomic E-state index is -0.358. The van der Waals surface area contributed by atoms with Crippen LogP contribution in [0.25, 0.3) is 22.3 Å². The smallest absolute Gasteiger partial charge is 0.228 e. The molecule has 39 heavy (non-hydrogen) atoms. The van der Waals surface area contributed by atoms with Crippen molar-refractivity contribution in [2.45, 2.75) is 13.1 Å². The first-order valence-electron chi connectivity index (χ1n) is 13.0. The zero-order chi connectivity index (χ0) is 26.8. The predicted molar refractivity (Wildman–Crippen MR) is 151 cm³/mol. The summed E-state index contributed by atoms with van der Waals surface area (Å²) in [5, 5.41) is 5.30. The number of methoxy groups -OCH3 is 1. The highest BCUT2D eigenvalue weighted by Crippen LogP contribution is 2.34. The standard InChI is InChI=1S/C30H30FN7O/c1-39-23-13-11-22(12-14-23)19-36-15-17-37(18-16-36)30-33-27(24-9-5-6-10-25(24)31)26-28(32)38(35-29(26)34-30)20-21-7-3-2-4-8-21/h2-14H,15-20,32H2,1H3. The van der Waals surface area contributed by atoms with Crippen molar-refractivity contribution in [1.82, 2.24) is 24.6 Å². The Kier molecular flexibility index (Phi) is 6.81. The maximum Gasteiger partial charge on any atom is 0.228 e. The Balaban J connectivity index is 1.30. The second-order valence-corrected chi connectivity index (χ2v) is 9.69. The number of anilines is 2. The molecular weight excluding hydrogens is 493 g/mol. The van der Waals surface area contributed by atoms with Gasteiger partial charge in [-0.25, -0.2) is 14.1 Å². The summed E-state index contributed by atoms with van der Waals surface area (Å²) in [6, 6.07) is 24.8. The molecule has 8 nitrogen and oxygen atoms in total. The molecule has 0 spiro atoms. The van der Waals surface area contributed by atoms with E-state index in [1.54, 1.807) is 30.0 Å². The molecule has 0 radical (unpaired) electrons. The van der Waals surface area contributed by atoms with Crippen LogP contribution in [0.2, 0.25) is 0 Å². The molecule has 0 amide bonds. The van der Waals surface area contributed by atoms with Gasteiger partial charge < -0.3 is 15.4 Å². The molecule has 6 rings (SSSR count). The van der Waals surface area contributed by atoms with E-state index in [1.807, 2.05) is 42.5 Å². The number of hydrogen-bond donors (Lipinski definition) is 1. The van der Waals surface area contributed by atoms with E-state index in [0.717, 1.165) is 44.0 Å². The first-order valence-corrected chi connectivity index (χ1v) is 13.0. The number of hydrogen-bond acceptors (Lipinski definition) is 7. The molecule has 2 N–H and O–H groups in total. The summed E-state index contributed by atoms with van der Waals surface area (Å²) >= 11 is 0.